The number of carbonyl (C=O) groups excluding carboxylic acids is 2. The van der Waals surface area contributed by atoms with Crippen LogP contribution in [0.15, 0.2) is 48.4 Å². The number of aromatic hydroxyl groups is 2. The molecule has 0 radical (unpaired) electrons. The Morgan fingerprint density at radius 2 is 2.00 bits per heavy atom. The van der Waals surface area contributed by atoms with Gasteiger partial charge in [-0.2, -0.15) is 0 Å². The second-order valence-electron chi connectivity index (χ2n) is 7.38. The number of hydrogen-bond donors (Lipinski definition) is 2. The van der Waals surface area contributed by atoms with E-state index >= 15 is 0 Å². The van der Waals surface area contributed by atoms with Crippen molar-refractivity contribution in [3.63, 3.8) is 0 Å². The SMILES string of the molecule is COC(=O)CC(c1cccc(O)c1)c1c(O)ccc2c1O/C(=C\N1CCOCC1)C2=O. The summed E-state index contributed by atoms with van der Waals surface area (Å²) in [6.07, 6.45) is 1.55. The van der Waals surface area contributed by atoms with E-state index in [1.54, 1.807) is 18.3 Å². The first kappa shape index (κ1) is 20.7. The maximum Gasteiger partial charge on any atom is 0.306 e. The summed E-state index contributed by atoms with van der Waals surface area (Å²) in [4.78, 5) is 27.1. The fourth-order valence-corrected chi connectivity index (χ4v) is 3.84. The second kappa shape index (κ2) is 8.69. The first-order chi connectivity index (χ1) is 15.0. The number of esters is 1. The molecule has 2 aliphatic heterocycles. The van der Waals surface area contributed by atoms with Crippen molar-refractivity contribution in [3.05, 3.63) is 65.0 Å². The molecular weight excluding hydrogens is 402 g/mol. The van der Waals surface area contributed by atoms with Gasteiger partial charge in [0.25, 0.3) is 0 Å². The fraction of sp³-hybridized carbons (Fsp3) is 0.304. The molecule has 2 aromatic carbocycles. The highest BCUT2D eigenvalue weighted by molar-refractivity contribution is 6.12. The number of fused-ring (bicyclic) bond motifs is 1. The van der Waals surface area contributed by atoms with Gasteiger partial charge < -0.3 is 29.3 Å². The topological polar surface area (TPSA) is 106 Å². The van der Waals surface area contributed by atoms with Gasteiger partial charge in [-0.05, 0) is 29.8 Å². The number of rotatable bonds is 5. The van der Waals surface area contributed by atoms with Gasteiger partial charge in [0.2, 0.25) is 5.78 Å². The van der Waals surface area contributed by atoms with Crippen molar-refractivity contribution >= 4 is 11.8 Å². The van der Waals surface area contributed by atoms with Gasteiger partial charge in [-0.1, -0.05) is 12.1 Å². The summed E-state index contributed by atoms with van der Waals surface area (Å²) in [5, 5.41) is 20.6. The van der Waals surface area contributed by atoms with Crippen LogP contribution in [-0.2, 0) is 14.3 Å². The van der Waals surface area contributed by atoms with Crippen LogP contribution in [0.25, 0.3) is 0 Å². The lowest BCUT2D eigenvalue weighted by molar-refractivity contribution is -0.140. The zero-order valence-corrected chi connectivity index (χ0v) is 17.0. The van der Waals surface area contributed by atoms with Gasteiger partial charge in [0.05, 0.1) is 32.3 Å². The number of carbonyl (C=O) groups is 2. The average molecular weight is 425 g/mol. The van der Waals surface area contributed by atoms with Crippen LogP contribution in [0, 0.1) is 0 Å². The number of methoxy groups -OCH3 is 1. The number of phenols is 2. The molecular formula is C23H23NO7. The van der Waals surface area contributed by atoms with Crippen LogP contribution in [0.3, 0.4) is 0 Å². The molecule has 0 amide bonds. The standard InChI is InChI=1S/C23H23NO7/c1-29-20(27)12-17(14-3-2-4-15(25)11-14)21-18(26)6-5-16-22(28)19(31-23(16)21)13-24-7-9-30-10-8-24/h2-6,11,13,17,25-26H,7-10,12H2,1H3/b19-13-. The van der Waals surface area contributed by atoms with Crippen molar-refractivity contribution in [1.82, 2.24) is 4.90 Å². The number of nitrogens with zero attached hydrogens (tertiary/aromatic N) is 1. The highest BCUT2D eigenvalue weighted by Crippen LogP contribution is 2.46. The Morgan fingerprint density at radius 3 is 2.71 bits per heavy atom. The molecule has 1 atom stereocenters. The number of phenolic OH excluding ortho intramolecular Hbond substituents is 2. The van der Waals surface area contributed by atoms with Crippen LogP contribution < -0.4 is 4.74 Å². The number of morpholine rings is 1. The van der Waals surface area contributed by atoms with Gasteiger partial charge in [0, 0.05) is 30.8 Å². The van der Waals surface area contributed by atoms with E-state index in [0.717, 1.165) is 0 Å². The number of hydrogen-bond acceptors (Lipinski definition) is 8. The maximum absolute atomic E-state index is 13.0. The second-order valence-corrected chi connectivity index (χ2v) is 7.38. The van der Waals surface area contributed by atoms with E-state index in [9.17, 15) is 19.8 Å². The Kier molecular flexibility index (Phi) is 5.81. The first-order valence-electron chi connectivity index (χ1n) is 9.95. The minimum atomic E-state index is -0.690. The van der Waals surface area contributed by atoms with Crippen LogP contribution in [0.4, 0.5) is 0 Å². The van der Waals surface area contributed by atoms with Gasteiger partial charge in [0.15, 0.2) is 5.76 Å². The van der Waals surface area contributed by atoms with E-state index in [1.807, 2.05) is 4.90 Å². The van der Waals surface area contributed by atoms with E-state index in [0.29, 0.717) is 43.0 Å². The zero-order valence-electron chi connectivity index (χ0n) is 17.0. The molecule has 2 aliphatic rings. The summed E-state index contributed by atoms with van der Waals surface area (Å²) in [6, 6.07) is 9.32. The Labute approximate surface area is 179 Å². The molecule has 0 spiro atoms. The molecule has 162 valence electrons. The molecule has 0 bridgehead atoms. The summed E-state index contributed by atoms with van der Waals surface area (Å²) in [5.41, 5.74) is 1.19. The lowest BCUT2D eigenvalue weighted by Gasteiger charge is -2.25. The third kappa shape index (κ3) is 4.20. The molecule has 0 aliphatic carbocycles. The van der Waals surface area contributed by atoms with Crippen LogP contribution >= 0.6 is 0 Å². The Balaban J connectivity index is 1.77. The molecule has 1 fully saturated rings. The minimum Gasteiger partial charge on any atom is -0.508 e. The van der Waals surface area contributed by atoms with Crippen molar-refractivity contribution < 1.29 is 34.0 Å². The van der Waals surface area contributed by atoms with E-state index in [4.69, 9.17) is 14.2 Å². The van der Waals surface area contributed by atoms with Gasteiger partial charge in [-0.3, -0.25) is 9.59 Å². The molecule has 0 aromatic heterocycles. The molecule has 8 nitrogen and oxygen atoms in total. The molecule has 2 aromatic rings. The van der Waals surface area contributed by atoms with Gasteiger partial charge in [-0.15, -0.1) is 0 Å². The molecule has 8 heteroatoms. The minimum absolute atomic E-state index is 0.0179. The molecule has 1 unspecified atom stereocenters. The molecule has 2 N–H and O–H groups in total. The number of ether oxygens (including phenoxy) is 3. The smallest absolute Gasteiger partial charge is 0.306 e. The Bertz CT molecular complexity index is 1040. The normalized spacial score (nSPS) is 17.9. The van der Waals surface area contributed by atoms with Gasteiger partial charge >= 0.3 is 5.97 Å². The summed E-state index contributed by atoms with van der Waals surface area (Å²) in [6.45, 7) is 2.41. The van der Waals surface area contributed by atoms with Crippen molar-refractivity contribution in [2.75, 3.05) is 33.4 Å². The average Bonchev–Trinajstić information content (AvgIpc) is 3.08. The summed E-state index contributed by atoms with van der Waals surface area (Å²) in [7, 11) is 1.28. The van der Waals surface area contributed by atoms with Crippen molar-refractivity contribution in [2.45, 2.75) is 12.3 Å². The highest BCUT2D eigenvalue weighted by Gasteiger charge is 2.35. The lowest BCUT2D eigenvalue weighted by Crippen LogP contribution is -2.32. The predicted octanol–water partition coefficient (Wildman–Crippen LogP) is 2.54. The monoisotopic (exact) mass is 425 g/mol. The summed E-state index contributed by atoms with van der Waals surface area (Å²) in [5.74, 6) is -1.22. The molecule has 31 heavy (non-hydrogen) atoms. The third-order valence-corrected chi connectivity index (χ3v) is 5.42. The maximum atomic E-state index is 13.0. The van der Waals surface area contributed by atoms with E-state index < -0.39 is 11.9 Å². The predicted molar refractivity (Wildman–Crippen MR) is 110 cm³/mol. The first-order valence-corrected chi connectivity index (χ1v) is 9.95. The Morgan fingerprint density at radius 1 is 1.23 bits per heavy atom. The van der Waals surface area contributed by atoms with Crippen LogP contribution in [0.5, 0.6) is 17.2 Å². The molecule has 2 heterocycles. The van der Waals surface area contributed by atoms with E-state index in [1.165, 1.54) is 31.4 Å². The molecule has 0 saturated carbocycles. The van der Waals surface area contributed by atoms with Crippen molar-refractivity contribution in [2.24, 2.45) is 0 Å². The van der Waals surface area contributed by atoms with Gasteiger partial charge in [0.1, 0.15) is 17.2 Å². The molecule has 1 saturated heterocycles. The van der Waals surface area contributed by atoms with E-state index in [2.05, 4.69) is 0 Å². The quantitative estimate of drug-likeness (QED) is 0.556. The third-order valence-electron chi connectivity index (χ3n) is 5.42. The summed E-state index contributed by atoms with van der Waals surface area (Å²) >= 11 is 0. The number of allylic oxidation sites excluding steroid dienone is 1. The summed E-state index contributed by atoms with van der Waals surface area (Å²) < 4.78 is 16.1. The van der Waals surface area contributed by atoms with Crippen LogP contribution in [0.2, 0.25) is 0 Å². The van der Waals surface area contributed by atoms with Gasteiger partial charge in [-0.25, -0.2) is 0 Å². The van der Waals surface area contributed by atoms with Crippen LogP contribution in [-0.4, -0.2) is 60.3 Å². The highest BCUT2D eigenvalue weighted by atomic mass is 16.5. The van der Waals surface area contributed by atoms with Crippen molar-refractivity contribution in [3.8, 4) is 17.2 Å². The molecule has 4 rings (SSSR count). The number of Topliss-reactive ketones (excluding diaryl/α,β-unsaturated/α-hetero) is 1. The largest absolute Gasteiger partial charge is 0.508 e. The van der Waals surface area contributed by atoms with Crippen LogP contribution in [0.1, 0.15) is 33.8 Å². The zero-order chi connectivity index (χ0) is 22.0. The lowest BCUT2D eigenvalue weighted by atomic mass is 9.86. The Hall–Kier alpha value is -3.52. The number of benzene rings is 2. The van der Waals surface area contributed by atoms with E-state index in [-0.39, 0.29) is 35.2 Å². The van der Waals surface area contributed by atoms with Crippen molar-refractivity contribution in [1.29, 1.82) is 0 Å². The fourth-order valence-electron chi connectivity index (χ4n) is 3.84. The number of ketones is 1.